The van der Waals surface area contributed by atoms with Crippen molar-refractivity contribution in [2.24, 2.45) is 0 Å². The van der Waals surface area contributed by atoms with Gasteiger partial charge in [-0.1, -0.05) is 72.1 Å². The van der Waals surface area contributed by atoms with E-state index < -0.39 is 77.7 Å². The van der Waals surface area contributed by atoms with Gasteiger partial charge in [-0.2, -0.15) is 28.1 Å². The molecule has 2 heterocycles. The van der Waals surface area contributed by atoms with Gasteiger partial charge in [0.1, 0.15) is 42.9 Å². The largest absolute Gasteiger partial charge is 0.778 e. The second-order valence-electron chi connectivity index (χ2n) is 20.8. The summed E-state index contributed by atoms with van der Waals surface area (Å²) >= 11 is 28.6. The van der Waals surface area contributed by atoms with Crippen molar-refractivity contribution in [1.29, 1.82) is 0 Å². The summed E-state index contributed by atoms with van der Waals surface area (Å²) in [6.07, 6.45) is 2.15. The summed E-state index contributed by atoms with van der Waals surface area (Å²) in [6.45, 7) is 18.0. The van der Waals surface area contributed by atoms with Gasteiger partial charge in [-0.05, 0) is 132 Å². The SMILES string of the molecule is CC1COc2ccccc2N1C(=O)C(Cl)Cl.CCNc1nc(Cl)nc(NC(C)(C)C)n1.CCOC(=O)COC(=O)c1cc(Oc2ccc(C(F)(F)F)cc2Cl)ccc1[N+](=O)[O-].CCc1cccc(C)c1N(C(=O)CCl)C(C)COC.C[S+](C)C.O=C(O)CNCP(=O)([O-])O. The molecule has 35 heteroatoms. The van der Waals surface area contributed by atoms with Crippen LogP contribution in [0.25, 0.3) is 0 Å². The molecule has 5 N–H and O–H groups in total. The molecule has 522 valence electrons. The van der Waals surface area contributed by atoms with Crippen molar-refractivity contribution in [2.45, 2.75) is 97.4 Å². The number of hydrogen-bond donors (Lipinski definition) is 5. The van der Waals surface area contributed by atoms with Gasteiger partial charge >= 0.3 is 24.1 Å². The fourth-order valence-electron chi connectivity index (χ4n) is 7.54. The normalized spacial score (nSPS) is 13.2. The lowest BCUT2D eigenvalue weighted by molar-refractivity contribution is -0.385. The first-order valence-corrected chi connectivity index (χ1v) is 34.5. The van der Waals surface area contributed by atoms with Gasteiger partial charge < -0.3 is 63.6 Å². The number of aromatic nitrogens is 3. The van der Waals surface area contributed by atoms with Crippen molar-refractivity contribution >= 4 is 135 Å². The summed E-state index contributed by atoms with van der Waals surface area (Å²) in [7, 11) is -2.07. The molecule has 2 amide bonds. The smallest absolute Gasteiger partial charge is 0.416 e. The zero-order valence-corrected chi connectivity index (χ0v) is 59.3. The first kappa shape index (κ1) is 85.5. The van der Waals surface area contributed by atoms with Crippen molar-refractivity contribution in [3.05, 3.63) is 122 Å². The molecular formula is C59H78Cl5F3N9O16PS. The number of rotatable bonds is 21. The van der Waals surface area contributed by atoms with Crippen molar-refractivity contribution in [1.82, 2.24) is 20.3 Å². The zero-order valence-electron chi connectivity index (χ0n) is 53.8. The number of fused-ring (bicyclic) bond motifs is 1. The number of para-hydroxylation sites is 3. The van der Waals surface area contributed by atoms with E-state index in [9.17, 15) is 56.7 Å². The van der Waals surface area contributed by atoms with E-state index in [-0.39, 0.29) is 63.7 Å². The number of hydrogen-bond acceptors (Lipinski definition) is 20. The topological polar surface area (TPSA) is 336 Å². The molecular weight excluding hydrogens is 1390 g/mol. The maximum Gasteiger partial charge on any atom is 0.416 e. The summed E-state index contributed by atoms with van der Waals surface area (Å²) in [5.41, 5.74) is 1.67. The standard InChI is InChI=1S/C18H13ClF3NO7.C15H22ClNO2.C11H11Cl2NO2.C9H16ClN5.C3H8NO5P.C3H9S/c1-2-28-16(24)9-29-17(25)12-8-11(4-5-14(12)23(26)27)30-15-6-3-10(7-13(15)19)18(20,21)22;1-5-13-8-6-7-11(2)15(13)17(14(18)9-16)12(3)10-19-4;1-7-6-16-9-5-3-2-4-8(9)14(7)11(15)10(12)13;1-5-11-7-12-6(10)13-8(14-7)15-9(2,3)4;5-3(6)1-4-2-10(7,8)9;1-4(2)3/h3-8H,2,9H2,1H3;6-8,12H,5,9-10H2,1-4H3;2-5,7,10H,6H2,1H3;5H2,1-4H3,(H2,11,12,13,14,15);4H,1-2H2,(H,5,6)(H2,7,8,9);1-3H3/q;;;;;+1/p-1. The van der Waals surface area contributed by atoms with Gasteiger partial charge in [0.25, 0.3) is 11.6 Å². The molecule has 0 radical (unpaired) electrons. The van der Waals surface area contributed by atoms with Crippen LogP contribution in [0.1, 0.15) is 82.4 Å². The Morgan fingerprint density at radius 2 is 1.57 bits per heavy atom. The van der Waals surface area contributed by atoms with Gasteiger partial charge in [0.15, 0.2) is 11.4 Å². The molecule has 1 aliphatic heterocycles. The summed E-state index contributed by atoms with van der Waals surface area (Å²) in [5.74, 6) is -2.29. The molecule has 1 aromatic heterocycles. The minimum absolute atomic E-state index is 0.0223. The average molecular weight is 1470 g/mol. The third-order valence-electron chi connectivity index (χ3n) is 11.2. The molecule has 0 spiro atoms. The van der Waals surface area contributed by atoms with Crippen LogP contribution in [0.15, 0.2) is 78.9 Å². The van der Waals surface area contributed by atoms with Crippen LogP contribution in [0, 0.1) is 17.0 Å². The predicted molar refractivity (Wildman–Crippen MR) is 359 cm³/mol. The number of nitrogens with zero attached hydrogens (tertiary/aromatic N) is 6. The number of anilines is 4. The first-order valence-electron chi connectivity index (χ1n) is 28.1. The fourth-order valence-corrected chi connectivity index (χ4v) is 8.65. The molecule has 3 unspecified atom stereocenters. The highest BCUT2D eigenvalue weighted by atomic mass is 35.5. The number of methoxy groups -OCH3 is 1. The molecule has 0 bridgehead atoms. The van der Waals surface area contributed by atoms with Crippen LogP contribution in [0.5, 0.6) is 17.2 Å². The van der Waals surface area contributed by atoms with Crippen LogP contribution in [0.4, 0.5) is 42.1 Å². The quantitative estimate of drug-likeness (QED) is 0.0114. The molecule has 0 aliphatic carbocycles. The maximum atomic E-state index is 12.7. The highest BCUT2D eigenvalue weighted by Crippen LogP contribution is 2.38. The number of carbonyl (C=O) groups excluding carboxylic acids is 4. The Labute approximate surface area is 571 Å². The van der Waals surface area contributed by atoms with Gasteiger partial charge in [0.05, 0.1) is 83.8 Å². The number of aliphatic carboxylic acids is 1. The highest BCUT2D eigenvalue weighted by molar-refractivity contribution is 7.94. The molecule has 3 atom stereocenters. The lowest BCUT2D eigenvalue weighted by Gasteiger charge is -2.35. The minimum atomic E-state index is -4.61. The molecule has 25 nitrogen and oxygen atoms in total. The van der Waals surface area contributed by atoms with Crippen molar-refractivity contribution in [2.75, 3.05) is 98.0 Å². The molecule has 0 fully saturated rings. The fraction of sp³-hybridized carbons (Fsp3) is 0.458. The molecule has 5 aromatic rings. The molecule has 6 rings (SSSR count). The summed E-state index contributed by atoms with van der Waals surface area (Å²) < 4.78 is 73.4. The van der Waals surface area contributed by atoms with Gasteiger partial charge in [-0.15, -0.1) is 11.6 Å². The van der Waals surface area contributed by atoms with Crippen LogP contribution < -0.4 is 40.1 Å². The Morgan fingerprint density at radius 3 is 2.10 bits per heavy atom. The Bertz CT molecular complexity index is 3320. The lowest BCUT2D eigenvalue weighted by Crippen LogP contribution is -2.47. The van der Waals surface area contributed by atoms with E-state index in [1.807, 2.05) is 90.2 Å². The number of carboxylic acids is 1. The van der Waals surface area contributed by atoms with Gasteiger partial charge in [-0.3, -0.25) is 29.8 Å². The van der Waals surface area contributed by atoms with Crippen molar-refractivity contribution in [3.8, 4) is 17.2 Å². The van der Waals surface area contributed by atoms with E-state index in [1.165, 1.54) is 6.92 Å². The number of nitro groups is 1. The summed E-state index contributed by atoms with van der Waals surface area (Å²) in [5, 5.41) is 27.1. The molecule has 1 aliphatic rings. The van der Waals surface area contributed by atoms with E-state index in [4.69, 9.17) is 87.0 Å². The summed E-state index contributed by atoms with van der Waals surface area (Å²) in [6, 6.07) is 18.7. The number of carbonyl (C=O) groups is 5. The van der Waals surface area contributed by atoms with Gasteiger partial charge in [-0.25, -0.2) is 9.59 Å². The number of ether oxygens (including phenoxy) is 5. The molecule has 0 saturated carbocycles. The van der Waals surface area contributed by atoms with E-state index in [2.05, 4.69) is 62.1 Å². The number of aryl methyl sites for hydroxylation is 2. The summed E-state index contributed by atoms with van der Waals surface area (Å²) in [4.78, 5) is 100. The second kappa shape index (κ2) is 42.1. The number of esters is 2. The highest BCUT2D eigenvalue weighted by Gasteiger charge is 2.33. The van der Waals surface area contributed by atoms with Crippen LogP contribution in [-0.4, -0.2) is 160 Å². The average Bonchev–Trinajstić information content (AvgIpc) is 0.822. The van der Waals surface area contributed by atoms with E-state index in [0.717, 1.165) is 65.8 Å². The molecule has 4 aromatic carbocycles. The number of halogens is 8. The van der Waals surface area contributed by atoms with E-state index >= 15 is 0 Å². The first-order chi connectivity index (χ1) is 43.7. The number of amides is 2. The van der Waals surface area contributed by atoms with Crippen molar-refractivity contribution < 1.29 is 85.2 Å². The second-order valence-corrected chi connectivity index (χ2v) is 27.0. The minimum Gasteiger partial charge on any atom is -0.778 e. The Kier molecular flexibility index (Phi) is 38.3. The number of carboxylic acid groups (broad SMARTS) is 1. The lowest BCUT2D eigenvalue weighted by atomic mass is 10.0. The molecule has 0 saturated heterocycles. The van der Waals surface area contributed by atoms with Crippen molar-refractivity contribution in [3.63, 3.8) is 0 Å². The Hall–Kier alpha value is -6.50. The van der Waals surface area contributed by atoms with E-state index in [0.29, 0.717) is 47.8 Å². The van der Waals surface area contributed by atoms with Crippen LogP contribution >= 0.6 is 65.6 Å². The third kappa shape index (κ3) is 32.3. The maximum absolute atomic E-state index is 12.7. The number of nitrogens with one attached hydrogen (secondary N) is 3. The Balaban J connectivity index is 0.000000604. The number of benzene rings is 4. The predicted octanol–water partition coefficient (Wildman–Crippen LogP) is 11.4. The van der Waals surface area contributed by atoms with Crippen LogP contribution in [-0.2, 0) is 61.4 Å². The van der Waals surface area contributed by atoms with E-state index in [1.54, 1.807) is 16.9 Å². The van der Waals surface area contributed by atoms with Gasteiger partial charge in [0, 0.05) is 31.3 Å². The van der Waals surface area contributed by atoms with Crippen LogP contribution in [0.3, 0.4) is 0 Å². The number of alkyl halides is 6. The monoisotopic (exact) mass is 1460 g/mol. The third-order valence-corrected chi connectivity index (χ3v) is 12.8. The Morgan fingerprint density at radius 1 is 0.947 bits per heavy atom. The zero-order chi connectivity index (χ0) is 71.8. The van der Waals surface area contributed by atoms with Crippen LogP contribution in [0.2, 0.25) is 10.3 Å². The van der Waals surface area contributed by atoms with Gasteiger partial charge in [0.2, 0.25) is 23.1 Å². The molecule has 94 heavy (non-hydrogen) atoms. The number of nitro benzene ring substituents is 1.